The average molecular weight is 245 g/mol. The maximum absolute atomic E-state index is 11.0. The SMILES string of the molecule is CNC(=O)CCOc1cc2ccccc2cc1O. The van der Waals surface area contributed by atoms with E-state index in [-0.39, 0.29) is 24.7 Å². The van der Waals surface area contributed by atoms with Gasteiger partial charge in [0.15, 0.2) is 11.5 Å². The predicted molar refractivity (Wildman–Crippen MR) is 69.8 cm³/mol. The summed E-state index contributed by atoms with van der Waals surface area (Å²) in [5, 5.41) is 14.3. The molecule has 0 fully saturated rings. The normalized spacial score (nSPS) is 10.3. The summed E-state index contributed by atoms with van der Waals surface area (Å²) in [6.45, 7) is 0.242. The zero-order chi connectivity index (χ0) is 13.0. The van der Waals surface area contributed by atoms with Gasteiger partial charge >= 0.3 is 0 Å². The number of phenols is 1. The molecule has 1 amide bonds. The fourth-order valence-electron chi connectivity index (χ4n) is 1.70. The molecule has 0 saturated carbocycles. The van der Waals surface area contributed by atoms with Gasteiger partial charge in [-0.05, 0) is 22.9 Å². The monoisotopic (exact) mass is 245 g/mol. The highest BCUT2D eigenvalue weighted by Crippen LogP contribution is 2.31. The van der Waals surface area contributed by atoms with Crippen LogP contribution in [0.4, 0.5) is 0 Å². The molecule has 0 atom stereocenters. The molecule has 0 aliphatic carbocycles. The summed E-state index contributed by atoms with van der Waals surface area (Å²) in [7, 11) is 1.58. The maximum atomic E-state index is 11.0. The first kappa shape index (κ1) is 12.2. The highest BCUT2D eigenvalue weighted by molar-refractivity contribution is 5.85. The number of fused-ring (bicyclic) bond motifs is 1. The molecule has 2 aromatic carbocycles. The van der Waals surface area contributed by atoms with Crippen LogP contribution in [-0.2, 0) is 4.79 Å². The summed E-state index contributed by atoms with van der Waals surface area (Å²) in [5.74, 6) is 0.401. The maximum Gasteiger partial charge on any atom is 0.223 e. The minimum atomic E-state index is -0.0877. The highest BCUT2D eigenvalue weighted by Gasteiger charge is 2.06. The number of nitrogens with one attached hydrogen (secondary N) is 1. The lowest BCUT2D eigenvalue weighted by Gasteiger charge is -2.09. The van der Waals surface area contributed by atoms with Crippen LogP contribution in [0.2, 0.25) is 0 Å². The van der Waals surface area contributed by atoms with Crippen molar-refractivity contribution in [1.82, 2.24) is 5.32 Å². The van der Waals surface area contributed by atoms with E-state index in [1.54, 1.807) is 19.2 Å². The summed E-state index contributed by atoms with van der Waals surface area (Å²) >= 11 is 0. The Morgan fingerprint density at radius 2 is 1.94 bits per heavy atom. The van der Waals surface area contributed by atoms with Crippen molar-refractivity contribution in [2.75, 3.05) is 13.7 Å². The van der Waals surface area contributed by atoms with Crippen molar-refractivity contribution in [3.05, 3.63) is 36.4 Å². The van der Waals surface area contributed by atoms with E-state index in [9.17, 15) is 9.90 Å². The third-order valence-electron chi connectivity index (χ3n) is 2.69. The first-order valence-corrected chi connectivity index (χ1v) is 5.76. The van der Waals surface area contributed by atoms with Crippen LogP contribution >= 0.6 is 0 Å². The van der Waals surface area contributed by atoms with Gasteiger partial charge in [0.2, 0.25) is 5.91 Å². The van der Waals surface area contributed by atoms with Crippen LogP contribution in [0.1, 0.15) is 6.42 Å². The lowest BCUT2D eigenvalue weighted by atomic mass is 10.1. The molecule has 0 unspecified atom stereocenters. The van der Waals surface area contributed by atoms with E-state index in [0.29, 0.717) is 5.75 Å². The molecule has 2 N–H and O–H groups in total. The Bertz CT molecular complexity index is 566. The van der Waals surface area contributed by atoms with Crippen molar-refractivity contribution in [3.8, 4) is 11.5 Å². The molecular formula is C14H15NO3. The number of ether oxygens (including phenoxy) is 1. The van der Waals surface area contributed by atoms with Crippen molar-refractivity contribution < 1.29 is 14.6 Å². The van der Waals surface area contributed by atoms with Crippen molar-refractivity contribution in [3.63, 3.8) is 0 Å². The van der Waals surface area contributed by atoms with Gasteiger partial charge in [0.05, 0.1) is 13.0 Å². The quantitative estimate of drug-likeness (QED) is 0.866. The molecule has 0 aromatic heterocycles. The number of rotatable bonds is 4. The van der Waals surface area contributed by atoms with Crippen molar-refractivity contribution in [2.24, 2.45) is 0 Å². The van der Waals surface area contributed by atoms with Crippen LogP contribution in [0.5, 0.6) is 11.5 Å². The molecule has 4 nitrogen and oxygen atoms in total. The summed E-state index contributed by atoms with van der Waals surface area (Å²) in [5.41, 5.74) is 0. The Morgan fingerprint density at radius 3 is 2.61 bits per heavy atom. The molecule has 18 heavy (non-hydrogen) atoms. The zero-order valence-electron chi connectivity index (χ0n) is 10.1. The molecule has 0 radical (unpaired) electrons. The molecule has 0 aliphatic heterocycles. The smallest absolute Gasteiger partial charge is 0.223 e. The second-order valence-electron chi connectivity index (χ2n) is 3.94. The average Bonchev–Trinajstić information content (AvgIpc) is 2.39. The van der Waals surface area contributed by atoms with Gasteiger partial charge in [0.1, 0.15) is 0 Å². The largest absolute Gasteiger partial charge is 0.504 e. The van der Waals surface area contributed by atoms with E-state index in [2.05, 4.69) is 5.32 Å². The number of phenolic OH excluding ortho intramolecular Hbond substituents is 1. The summed E-state index contributed by atoms with van der Waals surface area (Å²) in [4.78, 5) is 11.0. The van der Waals surface area contributed by atoms with Crippen molar-refractivity contribution in [1.29, 1.82) is 0 Å². The first-order valence-electron chi connectivity index (χ1n) is 5.76. The second-order valence-corrected chi connectivity index (χ2v) is 3.94. The van der Waals surface area contributed by atoms with Crippen LogP contribution in [0.3, 0.4) is 0 Å². The van der Waals surface area contributed by atoms with E-state index in [4.69, 9.17) is 4.74 Å². The third-order valence-corrected chi connectivity index (χ3v) is 2.69. The van der Waals surface area contributed by atoms with E-state index >= 15 is 0 Å². The van der Waals surface area contributed by atoms with Crippen LogP contribution in [0, 0.1) is 0 Å². The standard InChI is InChI=1S/C14H15NO3/c1-15-14(17)6-7-18-13-9-11-5-3-2-4-10(11)8-12(13)16/h2-5,8-9,16H,6-7H2,1H3,(H,15,17). The molecule has 4 heteroatoms. The van der Waals surface area contributed by atoms with Gasteiger partial charge in [0, 0.05) is 7.05 Å². The fourth-order valence-corrected chi connectivity index (χ4v) is 1.70. The Kier molecular flexibility index (Phi) is 3.67. The third kappa shape index (κ3) is 2.71. The summed E-state index contributed by atoms with van der Waals surface area (Å²) < 4.78 is 5.41. The topological polar surface area (TPSA) is 58.6 Å². The van der Waals surface area contributed by atoms with Gasteiger partial charge in [-0.1, -0.05) is 24.3 Å². The number of amides is 1. The molecular weight excluding hydrogens is 230 g/mol. The number of hydrogen-bond acceptors (Lipinski definition) is 3. The van der Waals surface area contributed by atoms with Crippen LogP contribution < -0.4 is 10.1 Å². The van der Waals surface area contributed by atoms with Gasteiger partial charge in [-0.15, -0.1) is 0 Å². The Balaban J connectivity index is 2.13. The molecule has 0 saturated heterocycles. The van der Waals surface area contributed by atoms with E-state index in [0.717, 1.165) is 10.8 Å². The van der Waals surface area contributed by atoms with Gasteiger partial charge in [0.25, 0.3) is 0 Å². The Morgan fingerprint density at radius 1 is 1.28 bits per heavy atom. The van der Waals surface area contributed by atoms with Crippen molar-refractivity contribution in [2.45, 2.75) is 6.42 Å². The molecule has 0 aliphatic rings. The summed E-state index contributed by atoms with van der Waals surface area (Å²) in [6, 6.07) is 11.1. The number of aromatic hydroxyl groups is 1. The molecule has 0 bridgehead atoms. The lowest BCUT2D eigenvalue weighted by Crippen LogP contribution is -2.20. The number of carbonyl (C=O) groups is 1. The van der Waals surface area contributed by atoms with Gasteiger partial charge in [-0.3, -0.25) is 4.79 Å². The first-order chi connectivity index (χ1) is 8.70. The van der Waals surface area contributed by atoms with E-state index in [1.807, 2.05) is 24.3 Å². The molecule has 0 heterocycles. The van der Waals surface area contributed by atoms with E-state index in [1.165, 1.54) is 0 Å². The fraction of sp³-hybridized carbons (Fsp3) is 0.214. The highest BCUT2D eigenvalue weighted by atomic mass is 16.5. The number of carbonyl (C=O) groups excluding carboxylic acids is 1. The van der Waals surface area contributed by atoms with E-state index < -0.39 is 0 Å². The molecule has 94 valence electrons. The van der Waals surface area contributed by atoms with Crippen molar-refractivity contribution >= 4 is 16.7 Å². The van der Waals surface area contributed by atoms with Gasteiger partial charge < -0.3 is 15.2 Å². The number of benzene rings is 2. The Hall–Kier alpha value is -2.23. The molecule has 2 rings (SSSR count). The van der Waals surface area contributed by atoms with Gasteiger partial charge in [-0.2, -0.15) is 0 Å². The van der Waals surface area contributed by atoms with Gasteiger partial charge in [-0.25, -0.2) is 0 Å². The van der Waals surface area contributed by atoms with Crippen LogP contribution in [-0.4, -0.2) is 24.7 Å². The Labute approximate surface area is 105 Å². The molecule has 0 spiro atoms. The lowest BCUT2D eigenvalue weighted by molar-refractivity contribution is -0.121. The second kappa shape index (κ2) is 5.40. The van der Waals surface area contributed by atoms with Crippen LogP contribution in [0.25, 0.3) is 10.8 Å². The minimum Gasteiger partial charge on any atom is -0.504 e. The van der Waals surface area contributed by atoms with Crippen LogP contribution in [0.15, 0.2) is 36.4 Å². The number of hydrogen-bond donors (Lipinski definition) is 2. The summed E-state index contributed by atoms with van der Waals surface area (Å²) in [6.07, 6.45) is 0.267. The zero-order valence-corrected chi connectivity index (χ0v) is 10.1. The molecule has 2 aromatic rings. The minimum absolute atomic E-state index is 0.0877. The predicted octanol–water partition coefficient (Wildman–Crippen LogP) is 2.06.